The average molecular weight is 1100 g/mol. The van der Waals surface area contributed by atoms with Gasteiger partial charge in [-0.1, -0.05) is 128 Å². The quantitative estimate of drug-likeness (QED) is 0.0772. The minimum atomic E-state index is -0.526. The number of carbonyl (C=O) groups excluding carboxylic acids is 3. The first kappa shape index (κ1) is 54.5. The summed E-state index contributed by atoms with van der Waals surface area (Å²) in [7, 11) is 0. The standard InChI is InChI=1S/C21H23N3OS.2C20H22N4OS/c1-13-7-9-15(10-8-13)18-12-16-17(11-14-5-3-2-4-6-14)23-24-19(21(22)25)20(16)26-18;1-12-2-4-14(5-3-12)17-11-15-16(10-13-6-8-22-9-7-13)23-24-18(20(21)25)19(15)26-17;1-12-5-7-13(8-6-12)17-11-15-16(10-14-4-2-3-9-22-14)23-24-18(20(21)25)19(15)26-17/h7-10,12,14H,2-6,11H2,1H3,(H2,22,25);2-5,11,13,22H,6-10H2,1H3,(H2,21,25);5-8,11,14,22H,2-4,9-10H2,1H3,(H2,21,25). The van der Waals surface area contributed by atoms with Crippen LogP contribution in [0.3, 0.4) is 0 Å². The predicted octanol–water partition coefficient (Wildman–Crippen LogP) is 11.6. The van der Waals surface area contributed by atoms with E-state index in [0.717, 1.165) is 137 Å². The van der Waals surface area contributed by atoms with Crippen molar-refractivity contribution in [3.8, 4) is 31.3 Å². The molecule has 8 N–H and O–H groups in total. The minimum absolute atomic E-state index is 0.267. The molecule has 3 aliphatic rings. The molecule has 3 amide bonds. The molecule has 12 rings (SSSR count). The molecule has 78 heavy (non-hydrogen) atoms. The first-order chi connectivity index (χ1) is 37.8. The van der Waals surface area contributed by atoms with Crippen LogP contribution in [0.25, 0.3) is 61.6 Å². The van der Waals surface area contributed by atoms with E-state index in [2.05, 4.69) is 153 Å². The van der Waals surface area contributed by atoms with Gasteiger partial charge in [-0.2, -0.15) is 15.3 Å². The molecule has 2 saturated heterocycles. The Bertz CT molecular complexity index is 3200. The molecule has 402 valence electrons. The Hall–Kier alpha value is -6.89. The summed E-state index contributed by atoms with van der Waals surface area (Å²) in [6.07, 6.45) is 15.0. The van der Waals surface area contributed by atoms with E-state index in [1.165, 1.54) is 61.6 Å². The molecule has 3 fully saturated rings. The lowest BCUT2D eigenvalue weighted by Crippen LogP contribution is -2.36. The van der Waals surface area contributed by atoms with Crippen LogP contribution in [-0.2, 0) is 19.3 Å². The van der Waals surface area contributed by atoms with E-state index in [-0.39, 0.29) is 17.1 Å². The minimum Gasteiger partial charge on any atom is -0.364 e. The second-order valence-corrected chi connectivity index (χ2v) is 24.4. The van der Waals surface area contributed by atoms with Crippen molar-refractivity contribution in [3.05, 3.63) is 142 Å². The molecular weight excluding hydrogens is 1030 g/mol. The van der Waals surface area contributed by atoms with Gasteiger partial charge in [0.05, 0.1) is 31.2 Å². The molecule has 0 radical (unpaired) electrons. The van der Waals surface area contributed by atoms with Crippen molar-refractivity contribution in [2.24, 2.45) is 29.0 Å². The van der Waals surface area contributed by atoms with Crippen LogP contribution in [0.2, 0.25) is 0 Å². The number of hydrogen-bond acceptors (Lipinski definition) is 14. The average Bonchev–Trinajstić information content (AvgIpc) is 4.26. The molecule has 1 aliphatic carbocycles. The summed E-state index contributed by atoms with van der Waals surface area (Å²) in [6, 6.07) is 32.1. The molecule has 1 saturated carbocycles. The summed E-state index contributed by atoms with van der Waals surface area (Å²) in [6.45, 7) is 9.39. The summed E-state index contributed by atoms with van der Waals surface area (Å²) >= 11 is 4.72. The first-order valence-corrected chi connectivity index (χ1v) is 29.7. The largest absolute Gasteiger partial charge is 0.364 e. The van der Waals surface area contributed by atoms with Gasteiger partial charge in [-0.15, -0.1) is 49.3 Å². The molecule has 0 spiro atoms. The zero-order chi connectivity index (χ0) is 54.3. The van der Waals surface area contributed by atoms with Crippen LogP contribution in [0.5, 0.6) is 0 Å². The van der Waals surface area contributed by atoms with E-state index in [4.69, 9.17) is 17.2 Å². The summed E-state index contributed by atoms with van der Waals surface area (Å²) in [5.41, 5.74) is 27.5. The Balaban J connectivity index is 0.000000132. The van der Waals surface area contributed by atoms with Gasteiger partial charge in [-0.05, 0) is 126 Å². The maximum absolute atomic E-state index is 11.8. The Morgan fingerprint density at radius 1 is 0.449 bits per heavy atom. The van der Waals surface area contributed by atoms with Gasteiger partial charge in [-0.3, -0.25) is 14.4 Å². The summed E-state index contributed by atoms with van der Waals surface area (Å²) in [5.74, 6) is -0.279. The number of thiophene rings is 3. The number of aryl methyl sites for hydroxylation is 3. The number of nitrogens with one attached hydrogen (secondary N) is 2. The number of primary amides is 3. The van der Waals surface area contributed by atoms with Crippen LogP contribution < -0.4 is 27.8 Å². The summed E-state index contributed by atoms with van der Waals surface area (Å²) < 4.78 is 2.56. The molecule has 6 aromatic heterocycles. The van der Waals surface area contributed by atoms with Crippen molar-refractivity contribution in [3.63, 3.8) is 0 Å². The maximum Gasteiger partial charge on any atom is 0.270 e. The molecule has 1 atom stereocenters. The van der Waals surface area contributed by atoms with Crippen LogP contribution in [0.15, 0.2) is 91.0 Å². The van der Waals surface area contributed by atoms with Crippen LogP contribution in [0.1, 0.15) is 129 Å². The second kappa shape index (κ2) is 24.8. The fraction of sp³-hybridized carbons (Fsp3) is 0.361. The molecule has 9 aromatic rings. The zero-order valence-electron chi connectivity index (χ0n) is 44.6. The third-order valence-electron chi connectivity index (χ3n) is 15.3. The highest BCUT2D eigenvalue weighted by molar-refractivity contribution is 7.23. The van der Waals surface area contributed by atoms with E-state index >= 15 is 0 Å². The highest BCUT2D eigenvalue weighted by Gasteiger charge is 2.25. The van der Waals surface area contributed by atoms with Crippen molar-refractivity contribution in [1.29, 1.82) is 0 Å². The first-order valence-electron chi connectivity index (χ1n) is 27.3. The van der Waals surface area contributed by atoms with Gasteiger partial charge in [0.25, 0.3) is 17.7 Å². The molecule has 0 bridgehead atoms. The number of nitrogens with zero attached hydrogens (tertiary/aromatic N) is 6. The van der Waals surface area contributed by atoms with Crippen LogP contribution in [0.4, 0.5) is 0 Å². The number of piperidine rings is 2. The third kappa shape index (κ3) is 12.8. The number of amides is 3. The maximum atomic E-state index is 11.8. The van der Waals surface area contributed by atoms with Crippen molar-refractivity contribution >= 4 is 82.0 Å². The van der Waals surface area contributed by atoms with Gasteiger partial charge in [-0.25, -0.2) is 0 Å². The normalized spacial score (nSPS) is 16.1. The van der Waals surface area contributed by atoms with E-state index in [1.54, 1.807) is 34.0 Å². The Morgan fingerprint density at radius 2 is 0.808 bits per heavy atom. The van der Waals surface area contributed by atoms with Crippen LogP contribution in [0, 0.1) is 32.6 Å². The number of benzene rings is 3. The molecule has 3 aromatic carbocycles. The van der Waals surface area contributed by atoms with E-state index in [9.17, 15) is 14.4 Å². The summed E-state index contributed by atoms with van der Waals surface area (Å²) in [5, 5.41) is 35.6. The van der Waals surface area contributed by atoms with Gasteiger partial charge in [0, 0.05) is 43.3 Å². The van der Waals surface area contributed by atoms with Gasteiger partial charge in [0.2, 0.25) is 0 Å². The topological polar surface area (TPSA) is 231 Å². The molecule has 2 aliphatic heterocycles. The van der Waals surface area contributed by atoms with Gasteiger partial charge >= 0.3 is 0 Å². The van der Waals surface area contributed by atoms with Crippen molar-refractivity contribution in [2.45, 2.75) is 110 Å². The lowest BCUT2D eigenvalue weighted by atomic mass is 9.85. The number of hydrogen-bond donors (Lipinski definition) is 5. The van der Waals surface area contributed by atoms with Gasteiger partial charge in [0.15, 0.2) is 17.1 Å². The lowest BCUT2D eigenvalue weighted by molar-refractivity contribution is 0.0988. The highest BCUT2D eigenvalue weighted by atomic mass is 32.1. The van der Waals surface area contributed by atoms with E-state index in [0.29, 0.717) is 17.9 Å². The number of rotatable bonds is 12. The molecule has 1 unspecified atom stereocenters. The second-order valence-electron chi connectivity index (χ2n) is 21.2. The fourth-order valence-electron chi connectivity index (χ4n) is 10.8. The van der Waals surface area contributed by atoms with Crippen LogP contribution >= 0.6 is 34.0 Å². The molecular formula is C61H67N11O3S3. The monoisotopic (exact) mass is 1100 g/mol. The number of nitrogens with two attached hydrogens (primary N) is 3. The van der Waals surface area contributed by atoms with Crippen molar-refractivity contribution < 1.29 is 14.4 Å². The predicted molar refractivity (Wildman–Crippen MR) is 317 cm³/mol. The Labute approximate surface area is 467 Å². The number of carbonyl (C=O) groups is 3. The zero-order valence-corrected chi connectivity index (χ0v) is 47.0. The smallest absolute Gasteiger partial charge is 0.270 e. The number of fused-ring (bicyclic) bond motifs is 3. The SMILES string of the molecule is Cc1ccc(-c2cc3c(CC4CCCCC4)nnc(C(N)=O)c3s2)cc1.Cc1ccc(-c2cc3c(CC4CCCCN4)nnc(C(N)=O)c3s2)cc1.Cc1ccc(-c2cc3c(CC4CCNCC4)nnc(C(N)=O)c3s2)cc1. The Kier molecular flexibility index (Phi) is 17.3. The van der Waals surface area contributed by atoms with E-state index in [1.807, 2.05) is 0 Å². The van der Waals surface area contributed by atoms with Gasteiger partial charge < -0.3 is 27.8 Å². The highest BCUT2D eigenvalue weighted by Crippen LogP contribution is 2.40. The molecule has 14 nitrogen and oxygen atoms in total. The van der Waals surface area contributed by atoms with Crippen molar-refractivity contribution in [1.82, 2.24) is 41.2 Å². The molecule has 17 heteroatoms. The number of aromatic nitrogens is 6. The Morgan fingerprint density at radius 3 is 1.17 bits per heavy atom. The summed E-state index contributed by atoms with van der Waals surface area (Å²) in [4.78, 5) is 38.8. The lowest BCUT2D eigenvalue weighted by Gasteiger charge is -2.23. The van der Waals surface area contributed by atoms with E-state index < -0.39 is 17.7 Å². The molecule has 8 heterocycles. The fourth-order valence-corrected chi connectivity index (χ4v) is 14.4. The van der Waals surface area contributed by atoms with Crippen LogP contribution in [-0.4, -0.2) is 74.0 Å². The van der Waals surface area contributed by atoms with Gasteiger partial charge in [0.1, 0.15) is 0 Å². The van der Waals surface area contributed by atoms with Crippen molar-refractivity contribution in [2.75, 3.05) is 19.6 Å². The third-order valence-corrected chi connectivity index (χ3v) is 18.9.